The van der Waals surface area contributed by atoms with Gasteiger partial charge in [0.15, 0.2) is 17.7 Å². The summed E-state index contributed by atoms with van der Waals surface area (Å²) < 4.78 is 60.4. The van der Waals surface area contributed by atoms with Gasteiger partial charge in [0.25, 0.3) is 16.0 Å². The molecule has 14 heteroatoms. The van der Waals surface area contributed by atoms with Crippen LogP contribution < -0.4 is 10.1 Å². The van der Waals surface area contributed by atoms with Gasteiger partial charge in [0.05, 0.1) is 37.5 Å². The van der Waals surface area contributed by atoms with Gasteiger partial charge in [0, 0.05) is 13.0 Å². The second-order valence-electron chi connectivity index (χ2n) is 10.1. The van der Waals surface area contributed by atoms with Crippen molar-refractivity contribution in [1.82, 2.24) is 15.3 Å². The van der Waals surface area contributed by atoms with Gasteiger partial charge in [-0.2, -0.15) is 8.42 Å². The molecule has 0 spiro atoms. The Hall–Kier alpha value is -3.98. The van der Waals surface area contributed by atoms with E-state index in [0.29, 0.717) is 29.2 Å². The van der Waals surface area contributed by atoms with E-state index in [2.05, 4.69) is 20.4 Å². The Kier molecular flexibility index (Phi) is 9.30. The third-order valence-corrected chi connectivity index (χ3v) is 8.15. The zero-order chi connectivity index (χ0) is 30.6. The fraction of sp³-hybridized carbons (Fsp3) is 0.379. The smallest absolute Gasteiger partial charge is 0.297 e. The van der Waals surface area contributed by atoms with E-state index in [-0.39, 0.29) is 42.7 Å². The molecule has 5 rings (SSSR count). The molecule has 2 aliphatic heterocycles. The second kappa shape index (κ2) is 13.1. The van der Waals surface area contributed by atoms with E-state index in [9.17, 15) is 17.6 Å². The molecule has 228 valence electrons. The normalized spacial score (nSPS) is 20.3. The molecule has 3 atom stereocenters. The van der Waals surface area contributed by atoms with Crippen LogP contribution in [0.1, 0.15) is 39.6 Å². The van der Waals surface area contributed by atoms with Crippen LogP contribution in [0.3, 0.4) is 0 Å². The predicted molar refractivity (Wildman–Crippen MR) is 151 cm³/mol. The number of carbonyl (C=O) groups excluding carboxylic acids is 1. The molecule has 43 heavy (non-hydrogen) atoms. The maximum atomic E-state index is 13.7. The Morgan fingerprint density at radius 3 is 2.56 bits per heavy atom. The number of aromatic nitrogens is 2. The Morgan fingerprint density at radius 1 is 1.05 bits per heavy atom. The van der Waals surface area contributed by atoms with Crippen molar-refractivity contribution in [2.45, 2.75) is 50.0 Å². The van der Waals surface area contributed by atoms with Crippen molar-refractivity contribution in [3.05, 3.63) is 82.7 Å². The van der Waals surface area contributed by atoms with Gasteiger partial charge in [-0.25, -0.2) is 14.4 Å². The highest BCUT2D eigenvalue weighted by atomic mass is 32.2. The van der Waals surface area contributed by atoms with Crippen molar-refractivity contribution in [3.8, 4) is 5.75 Å². The van der Waals surface area contributed by atoms with Crippen LogP contribution in [0.4, 0.5) is 4.39 Å². The van der Waals surface area contributed by atoms with Gasteiger partial charge in [0.2, 0.25) is 0 Å². The van der Waals surface area contributed by atoms with Crippen LogP contribution in [0.25, 0.3) is 0 Å². The number of methoxy groups -OCH3 is 1. The number of rotatable bonds is 10. The number of ether oxygens (including phenoxy) is 3. The van der Waals surface area contributed by atoms with Crippen LogP contribution in [0, 0.1) is 19.7 Å². The van der Waals surface area contributed by atoms with Gasteiger partial charge >= 0.3 is 0 Å². The molecular formula is C29H31FN4O8S. The molecule has 3 aromatic rings. The summed E-state index contributed by atoms with van der Waals surface area (Å²) in [6.07, 6.45) is -1.14. The fourth-order valence-corrected chi connectivity index (χ4v) is 5.41. The van der Waals surface area contributed by atoms with Gasteiger partial charge in [-0.15, -0.1) is 0 Å². The van der Waals surface area contributed by atoms with E-state index < -0.39 is 40.2 Å². The average molecular weight is 615 g/mol. The summed E-state index contributed by atoms with van der Waals surface area (Å²) in [7, 11) is -2.55. The van der Waals surface area contributed by atoms with Gasteiger partial charge in [-0.1, -0.05) is 28.9 Å². The van der Waals surface area contributed by atoms with Crippen LogP contribution in [0.2, 0.25) is 0 Å². The first-order chi connectivity index (χ1) is 20.6. The van der Waals surface area contributed by atoms with Gasteiger partial charge in [-0.3, -0.25) is 8.98 Å². The highest BCUT2D eigenvalue weighted by molar-refractivity contribution is 7.86. The highest BCUT2D eigenvalue weighted by Gasteiger charge is 2.36. The Labute approximate surface area is 248 Å². The van der Waals surface area contributed by atoms with Crippen molar-refractivity contribution in [2.24, 2.45) is 5.16 Å². The van der Waals surface area contributed by atoms with Gasteiger partial charge < -0.3 is 24.4 Å². The van der Waals surface area contributed by atoms with E-state index in [4.69, 9.17) is 23.2 Å². The van der Waals surface area contributed by atoms with E-state index in [0.717, 1.165) is 5.56 Å². The SMILES string of the molecule is COc1cc(CNC(=O)c2cc(C3=NOC([C@H]4CO[C@H](COS(=O)(=O)c5ccc(C)cc5)CO4)C3)nc(C)n2)ccc1F. The maximum Gasteiger partial charge on any atom is 0.297 e. The molecule has 1 N–H and O–H groups in total. The number of aryl methyl sites for hydroxylation is 2. The standard InChI is InChI=1S/C29H31FN4O8S/c1-17-4-7-21(8-5-17)43(36,37)41-15-20-14-40-28(16-39-20)27-12-24(34-42-27)23-11-25(33-18(2)32-23)29(35)31-13-19-6-9-22(30)26(10-19)38-3/h4-11,20,27-28H,12-16H2,1-3H3,(H,31,35)/t20-,27?,28+/m0/s1. The Balaban J connectivity index is 1.12. The lowest BCUT2D eigenvalue weighted by Crippen LogP contribution is -2.44. The van der Waals surface area contributed by atoms with Gasteiger partial charge in [0.1, 0.15) is 29.4 Å². The first kappa shape index (κ1) is 30.5. The number of hydrogen-bond acceptors (Lipinski definition) is 11. The Morgan fingerprint density at radius 2 is 1.84 bits per heavy atom. The van der Waals surface area contributed by atoms with E-state index in [1.165, 1.54) is 37.4 Å². The minimum absolute atomic E-state index is 0.0749. The van der Waals surface area contributed by atoms with Crippen molar-refractivity contribution in [3.63, 3.8) is 0 Å². The molecule has 1 unspecified atom stereocenters. The number of halogens is 1. The number of nitrogens with one attached hydrogen (secondary N) is 1. The number of carbonyl (C=O) groups is 1. The molecule has 1 amide bonds. The summed E-state index contributed by atoms with van der Waals surface area (Å²) in [5.74, 6) is -0.469. The van der Waals surface area contributed by atoms with Crippen LogP contribution in [-0.2, 0) is 35.2 Å². The summed E-state index contributed by atoms with van der Waals surface area (Å²) >= 11 is 0. The molecule has 0 radical (unpaired) electrons. The summed E-state index contributed by atoms with van der Waals surface area (Å²) in [5, 5.41) is 6.92. The molecular weight excluding hydrogens is 583 g/mol. The van der Waals surface area contributed by atoms with Crippen LogP contribution in [0.5, 0.6) is 5.75 Å². The molecule has 12 nitrogen and oxygen atoms in total. The molecule has 0 aliphatic carbocycles. The largest absolute Gasteiger partial charge is 0.494 e. The topological polar surface area (TPSA) is 148 Å². The molecule has 3 heterocycles. The van der Waals surface area contributed by atoms with Crippen molar-refractivity contribution in [2.75, 3.05) is 26.9 Å². The van der Waals surface area contributed by atoms with Crippen molar-refractivity contribution in [1.29, 1.82) is 0 Å². The second-order valence-corrected chi connectivity index (χ2v) is 11.7. The zero-order valence-corrected chi connectivity index (χ0v) is 24.6. The minimum Gasteiger partial charge on any atom is -0.494 e. The monoisotopic (exact) mass is 614 g/mol. The molecule has 1 aromatic heterocycles. The van der Waals surface area contributed by atoms with Crippen molar-refractivity contribution < 1.29 is 40.8 Å². The number of nitrogens with zero attached hydrogens (tertiary/aromatic N) is 3. The summed E-state index contributed by atoms with van der Waals surface area (Å²) in [6, 6.07) is 12.3. The third-order valence-electron chi connectivity index (χ3n) is 6.85. The number of oxime groups is 1. The molecule has 2 aliphatic rings. The first-order valence-corrected chi connectivity index (χ1v) is 14.9. The third kappa shape index (κ3) is 7.51. The fourth-order valence-electron chi connectivity index (χ4n) is 4.47. The van der Waals surface area contributed by atoms with Crippen LogP contribution in [0.15, 0.2) is 58.6 Å². The van der Waals surface area contributed by atoms with Crippen LogP contribution in [-0.4, -0.2) is 75.2 Å². The lowest BCUT2D eigenvalue weighted by Gasteiger charge is -2.31. The van der Waals surface area contributed by atoms with Gasteiger partial charge in [-0.05, 0) is 49.7 Å². The molecule has 0 bridgehead atoms. The Bertz CT molecular complexity index is 1610. The highest BCUT2D eigenvalue weighted by Crippen LogP contribution is 2.24. The summed E-state index contributed by atoms with van der Waals surface area (Å²) in [4.78, 5) is 27.2. The summed E-state index contributed by atoms with van der Waals surface area (Å²) in [5.41, 5.74) is 2.70. The molecule has 2 aromatic carbocycles. The predicted octanol–water partition coefficient (Wildman–Crippen LogP) is 2.85. The average Bonchev–Trinajstić information content (AvgIpc) is 3.50. The number of benzene rings is 2. The molecule has 1 saturated heterocycles. The summed E-state index contributed by atoms with van der Waals surface area (Å²) in [6.45, 7) is 3.75. The first-order valence-electron chi connectivity index (χ1n) is 13.5. The van der Waals surface area contributed by atoms with E-state index >= 15 is 0 Å². The zero-order valence-electron chi connectivity index (χ0n) is 23.8. The number of hydrogen-bond donors (Lipinski definition) is 1. The molecule has 1 fully saturated rings. The van der Waals surface area contributed by atoms with E-state index in [1.807, 2.05) is 6.92 Å². The lowest BCUT2D eigenvalue weighted by atomic mass is 10.0. The maximum absolute atomic E-state index is 13.7. The number of amides is 1. The van der Waals surface area contributed by atoms with Crippen molar-refractivity contribution >= 4 is 21.7 Å². The van der Waals surface area contributed by atoms with E-state index in [1.54, 1.807) is 25.1 Å². The van der Waals surface area contributed by atoms with Crippen LogP contribution >= 0.6 is 0 Å². The molecule has 0 saturated carbocycles. The minimum atomic E-state index is -3.92. The quantitative estimate of drug-likeness (QED) is 0.338. The lowest BCUT2D eigenvalue weighted by molar-refractivity contribution is -0.176.